The van der Waals surface area contributed by atoms with Crippen LogP contribution in [0.4, 0.5) is 0 Å². The average Bonchev–Trinajstić information content (AvgIpc) is 2.97. The molecule has 0 radical (unpaired) electrons. The topological polar surface area (TPSA) is 20.2 Å². The molecule has 82 valence electrons. The first-order valence-electron chi connectivity index (χ1n) is 5.87. The van der Waals surface area contributed by atoms with Gasteiger partial charge in [-0.05, 0) is 42.2 Å². The number of aliphatic hydroxyl groups excluding tert-OH is 1. The van der Waals surface area contributed by atoms with Crippen LogP contribution in [0.3, 0.4) is 0 Å². The molecule has 1 fully saturated rings. The van der Waals surface area contributed by atoms with Gasteiger partial charge in [-0.15, -0.1) is 0 Å². The molecule has 1 saturated carbocycles. The van der Waals surface area contributed by atoms with Gasteiger partial charge in [0, 0.05) is 0 Å². The second kappa shape index (κ2) is 3.97. The average molecular weight is 204 g/mol. The normalized spacial score (nSPS) is 26.7. The molecule has 1 nitrogen and oxygen atoms in total. The van der Waals surface area contributed by atoms with Gasteiger partial charge in [-0.2, -0.15) is 0 Å². The maximum absolute atomic E-state index is 9.47. The highest BCUT2D eigenvalue weighted by molar-refractivity contribution is 5.31. The van der Waals surface area contributed by atoms with E-state index < -0.39 is 0 Å². The molecular formula is C14H20O. The smallest absolute Gasteiger partial charge is 0.0546 e. The van der Waals surface area contributed by atoms with Crippen molar-refractivity contribution in [1.29, 1.82) is 0 Å². The Bertz CT molecular complexity index is 324. The maximum atomic E-state index is 9.47. The third kappa shape index (κ3) is 2.23. The van der Waals surface area contributed by atoms with E-state index in [0.717, 1.165) is 6.42 Å². The zero-order valence-electron chi connectivity index (χ0n) is 9.77. The summed E-state index contributed by atoms with van der Waals surface area (Å²) in [6.45, 7) is 6.32. The lowest BCUT2D eigenvalue weighted by Gasteiger charge is -2.07. The van der Waals surface area contributed by atoms with Crippen LogP contribution < -0.4 is 0 Å². The fourth-order valence-corrected chi connectivity index (χ4v) is 2.26. The van der Waals surface area contributed by atoms with Gasteiger partial charge in [0.05, 0.1) is 6.10 Å². The van der Waals surface area contributed by atoms with E-state index >= 15 is 0 Å². The lowest BCUT2D eigenvalue weighted by Crippen LogP contribution is -2.03. The third-order valence-corrected chi connectivity index (χ3v) is 3.49. The van der Waals surface area contributed by atoms with Crippen LogP contribution in [0, 0.1) is 5.92 Å². The second-order valence-electron chi connectivity index (χ2n) is 5.07. The molecule has 1 aromatic carbocycles. The molecule has 1 aliphatic carbocycles. The Morgan fingerprint density at radius 3 is 2.13 bits per heavy atom. The standard InChI is InChI=1S/C14H20O/c1-9(2)11-4-6-12(7-5-11)14-8-13(14)10(3)15/h4-7,9-10,13-15H,8H2,1-3H3/t10-,13-,14+/m1/s1. The molecular weight excluding hydrogens is 184 g/mol. The van der Waals surface area contributed by atoms with E-state index in [2.05, 4.69) is 38.1 Å². The molecule has 0 heterocycles. The molecule has 1 aliphatic rings. The summed E-state index contributed by atoms with van der Waals surface area (Å²) in [5, 5.41) is 9.47. The fourth-order valence-electron chi connectivity index (χ4n) is 2.26. The van der Waals surface area contributed by atoms with Crippen LogP contribution in [0.1, 0.15) is 50.2 Å². The predicted octanol–water partition coefficient (Wildman–Crippen LogP) is 3.29. The lowest BCUT2D eigenvalue weighted by atomic mass is 9.99. The number of hydrogen-bond acceptors (Lipinski definition) is 1. The summed E-state index contributed by atoms with van der Waals surface area (Å²) in [7, 11) is 0. The van der Waals surface area contributed by atoms with Crippen molar-refractivity contribution in [3.63, 3.8) is 0 Å². The summed E-state index contributed by atoms with van der Waals surface area (Å²) < 4.78 is 0. The molecule has 1 N–H and O–H groups in total. The Morgan fingerprint density at radius 1 is 1.13 bits per heavy atom. The first kappa shape index (κ1) is 10.7. The molecule has 0 saturated heterocycles. The van der Waals surface area contributed by atoms with Gasteiger partial charge in [0.25, 0.3) is 0 Å². The lowest BCUT2D eigenvalue weighted by molar-refractivity contribution is 0.169. The number of aliphatic hydroxyl groups is 1. The van der Waals surface area contributed by atoms with Crippen molar-refractivity contribution in [3.05, 3.63) is 35.4 Å². The summed E-state index contributed by atoms with van der Waals surface area (Å²) in [6.07, 6.45) is 0.998. The highest BCUT2D eigenvalue weighted by Gasteiger charge is 2.41. The number of benzene rings is 1. The third-order valence-electron chi connectivity index (χ3n) is 3.49. The molecule has 0 spiro atoms. The number of rotatable bonds is 3. The molecule has 15 heavy (non-hydrogen) atoms. The highest BCUT2D eigenvalue weighted by Crippen LogP contribution is 2.49. The van der Waals surface area contributed by atoms with Crippen LogP contribution in [0.15, 0.2) is 24.3 Å². The van der Waals surface area contributed by atoms with Crippen LogP contribution in [-0.2, 0) is 0 Å². The Hall–Kier alpha value is -0.820. The van der Waals surface area contributed by atoms with Crippen LogP contribution in [0.5, 0.6) is 0 Å². The summed E-state index contributed by atoms with van der Waals surface area (Å²) in [4.78, 5) is 0. The molecule has 0 unspecified atom stereocenters. The monoisotopic (exact) mass is 204 g/mol. The molecule has 0 amide bonds. The van der Waals surface area contributed by atoms with Gasteiger partial charge in [-0.1, -0.05) is 38.1 Å². The Labute approximate surface area is 92.1 Å². The van der Waals surface area contributed by atoms with Gasteiger partial charge < -0.3 is 5.11 Å². The SMILES string of the molecule is CC(C)c1ccc([C@@H]2C[C@@H]2[C@@H](C)O)cc1. The molecule has 2 rings (SSSR count). The van der Waals surface area contributed by atoms with Crippen molar-refractivity contribution in [2.45, 2.75) is 45.1 Å². The van der Waals surface area contributed by atoms with Crippen molar-refractivity contribution < 1.29 is 5.11 Å². The Kier molecular flexibility index (Phi) is 2.83. The Balaban J connectivity index is 2.06. The van der Waals surface area contributed by atoms with Crippen molar-refractivity contribution in [2.24, 2.45) is 5.92 Å². The van der Waals surface area contributed by atoms with E-state index in [1.807, 2.05) is 6.92 Å². The second-order valence-corrected chi connectivity index (χ2v) is 5.07. The van der Waals surface area contributed by atoms with Gasteiger partial charge in [0.1, 0.15) is 0 Å². The van der Waals surface area contributed by atoms with E-state index in [-0.39, 0.29) is 6.10 Å². The zero-order chi connectivity index (χ0) is 11.0. The van der Waals surface area contributed by atoms with E-state index in [1.54, 1.807) is 0 Å². The summed E-state index contributed by atoms with van der Waals surface area (Å²) >= 11 is 0. The van der Waals surface area contributed by atoms with Crippen molar-refractivity contribution in [1.82, 2.24) is 0 Å². The summed E-state index contributed by atoms with van der Waals surface area (Å²) in [5.74, 6) is 1.70. The minimum absolute atomic E-state index is 0.153. The van der Waals surface area contributed by atoms with E-state index in [1.165, 1.54) is 11.1 Å². The Morgan fingerprint density at radius 2 is 1.73 bits per heavy atom. The quantitative estimate of drug-likeness (QED) is 0.801. The van der Waals surface area contributed by atoms with Crippen LogP contribution in [-0.4, -0.2) is 11.2 Å². The van der Waals surface area contributed by atoms with Crippen LogP contribution in [0.25, 0.3) is 0 Å². The van der Waals surface area contributed by atoms with Gasteiger partial charge in [0.15, 0.2) is 0 Å². The first-order valence-corrected chi connectivity index (χ1v) is 5.87. The summed E-state index contributed by atoms with van der Waals surface area (Å²) in [5.41, 5.74) is 2.79. The first-order chi connectivity index (χ1) is 7.09. The number of hydrogen-bond donors (Lipinski definition) is 1. The molecule has 0 aliphatic heterocycles. The van der Waals surface area contributed by atoms with Crippen LogP contribution >= 0.6 is 0 Å². The van der Waals surface area contributed by atoms with Gasteiger partial charge >= 0.3 is 0 Å². The molecule has 1 aromatic rings. The molecule has 0 aromatic heterocycles. The van der Waals surface area contributed by atoms with Gasteiger partial charge in [-0.3, -0.25) is 0 Å². The largest absolute Gasteiger partial charge is 0.393 e. The fraction of sp³-hybridized carbons (Fsp3) is 0.571. The van der Waals surface area contributed by atoms with E-state index in [4.69, 9.17) is 0 Å². The van der Waals surface area contributed by atoms with E-state index in [9.17, 15) is 5.11 Å². The van der Waals surface area contributed by atoms with E-state index in [0.29, 0.717) is 17.8 Å². The zero-order valence-corrected chi connectivity index (χ0v) is 9.77. The maximum Gasteiger partial charge on any atom is 0.0546 e. The summed E-state index contributed by atoms with van der Waals surface area (Å²) in [6, 6.07) is 8.89. The van der Waals surface area contributed by atoms with Crippen molar-refractivity contribution in [2.75, 3.05) is 0 Å². The van der Waals surface area contributed by atoms with Crippen molar-refractivity contribution in [3.8, 4) is 0 Å². The molecule has 1 heteroatoms. The van der Waals surface area contributed by atoms with Gasteiger partial charge in [0.2, 0.25) is 0 Å². The van der Waals surface area contributed by atoms with Crippen LogP contribution in [0.2, 0.25) is 0 Å². The van der Waals surface area contributed by atoms with Gasteiger partial charge in [-0.25, -0.2) is 0 Å². The predicted molar refractivity (Wildman–Crippen MR) is 63.1 cm³/mol. The molecule has 3 atom stereocenters. The minimum Gasteiger partial charge on any atom is -0.393 e. The minimum atomic E-state index is -0.153. The highest BCUT2D eigenvalue weighted by atomic mass is 16.3. The van der Waals surface area contributed by atoms with Crippen molar-refractivity contribution >= 4 is 0 Å². The molecule has 0 bridgehead atoms.